The third kappa shape index (κ3) is 2.51. The summed E-state index contributed by atoms with van der Waals surface area (Å²) in [5.74, 6) is 1.99. The second-order valence-electron chi connectivity index (χ2n) is 4.18. The van der Waals surface area contributed by atoms with Gasteiger partial charge in [-0.2, -0.15) is 0 Å². The Labute approximate surface area is 96.7 Å². The molecule has 2 nitrogen and oxygen atoms in total. The third-order valence-electron chi connectivity index (χ3n) is 3.02. The summed E-state index contributed by atoms with van der Waals surface area (Å²) in [7, 11) is 1.71. The van der Waals surface area contributed by atoms with Gasteiger partial charge in [0, 0.05) is 11.9 Å². The predicted molar refractivity (Wildman–Crippen MR) is 64.8 cm³/mol. The van der Waals surface area contributed by atoms with Crippen LogP contribution < -0.4 is 0 Å². The zero-order chi connectivity index (χ0) is 11.4. The number of hydrogen-bond donors (Lipinski definition) is 0. The summed E-state index contributed by atoms with van der Waals surface area (Å²) < 4.78 is 5.22. The van der Waals surface area contributed by atoms with Crippen LogP contribution in [0.15, 0.2) is 48.4 Å². The Morgan fingerprint density at radius 1 is 1.38 bits per heavy atom. The van der Waals surface area contributed by atoms with E-state index in [-0.39, 0.29) is 0 Å². The van der Waals surface area contributed by atoms with Crippen LogP contribution in [-0.4, -0.2) is 12.1 Å². The molecule has 0 saturated heterocycles. The first-order valence-electron chi connectivity index (χ1n) is 5.63. The maximum absolute atomic E-state index is 5.22. The van der Waals surface area contributed by atoms with Gasteiger partial charge in [-0.25, -0.2) is 0 Å². The van der Waals surface area contributed by atoms with Gasteiger partial charge < -0.3 is 4.74 Å². The Morgan fingerprint density at radius 2 is 2.25 bits per heavy atom. The number of allylic oxidation sites excluding steroid dienone is 3. The lowest BCUT2D eigenvalue weighted by Crippen LogP contribution is -2.14. The van der Waals surface area contributed by atoms with E-state index in [0.29, 0.717) is 11.8 Å². The van der Waals surface area contributed by atoms with Crippen molar-refractivity contribution >= 4 is 0 Å². The first kappa shape index (κ1) is 10.9. The fourth-order valence-electron chi connectivity index (χ4n) is 1.98. The predicted octanol–water partition coefficient (Wildman–Crippen LogP) is 2.98. The molecular formula is C14H17NO. The molecule has 84 valence electrons. The fourth-order valence-corrected chi connectivity index (χ4v) is 1.98. The van der Waals surface area contributed by atoms with Gasteiger partial charge in [-0.15, -0.1) is 0 Å². The minimum Gasteiger partial charge on any atom is -0.497 e. The van der Waals surface area contributed by atoms with E-state index in [1.165, 1.54) is 0 Å². The highest BCUT2D eigenvalue weighted by molar-refractivity contribution is 5.21. The Kier molecular flexibility index (Phi) is 3.40. The Morgan fingerprint density at radius 3 is 2.88 bits per heavy atom. The smallest absolute Gasteiger partial charge is 0.114 e. The third-order valence-corrected chi connectivity index (χ3v) is 3.02. The van der Waals surface area contributed by atoms with Gasteiger partial charge in [-0.05, 0) is 42.5 Å². The minimum absolute atomic E-state index is 0.502. The van der Waals surface area contributed by atoms with Gasteiger partial charge in [0.1, 0.15) is 5.76 Å². The molecule has 0 aromatic carbocycles. The van der Waals surface area contributed by atoms with Crippen molar-refractivity contribution in [2.75, 3.05) is 7.11 Å². The van der Waals surface area contributed by atoms with Crippen molar-refractivity contribution in [3.63, 3.8) is 0 Å². The van der Waals surface area contributed by atoms with Crippen LogP contribution in [0.3, 0.4) is 0 Å². The maximum atomic E-state index is 5.22. The quantitative estimate of drug-likeness (QED) is 0.773. The van der Waals surface area contributed by atoms with E-state index in [1.54, 1.807) is 7.11 Å². The molecule has 1 aliphatic rings. The van der Waals surface area contributed by atoms with Crippen LogP contribution in [0.25, 0.3) is 0 Å². The van der Waals surface area contributed by atoms with Crippen LogP contribution in [0.4, 0.5) is 0 Å². The molecule has 1 aromatic heterocycles. The Balaban J connectivity index is 2.03. The van der Waals surface area contributed by atoms with Crippen LogP contribution in [0, 0.1) is 11.8 Å². The van der Waals surface area contributed by atoms with Crippen molar-refractivity contribution in [2.45, 2.75) is 13.3 Å². The standard InChI is InChI=1S/C14H17NO/c1-11-9-14(16-2)7-6-12(11)10-13-5-3-4-8-15-13/h3-9,11-12H,10H2,1-2H3. The largest absolute Gasteiger partial charge is 0.497 e. The van der Waals surface area contributed by atoms with Crippen LogP contribution in [0.5, 0.6) is 0 Å². The topological polar surface area (TPSA) is 22.1 Å². The van der Waals surface area contributed by atoms with Gasteiger partial charge in [-0.3, -0.25) is 4.98 Å². The van der Waals surface area contributed by atoms with Gasteiger partial charge in [0.25, 0.3) is 0 Å². The molecule has 0 bridgehead atoms. The van der Waals surface area contributed by atoms with E-state index in [1.807, 2.05) is 24.4 Å². The highest BCUT2D eigenvalue weighted by atomic mass is 16.5. The minimum atomic E-state index is 0.502. The summed E-state index contributed by atoms with van der Waals surface area (Å²) in [5.41, 5.74) is 1.15. The molecule has 0 fully saturated rings. The molecule has 2 heteroatoms. The van der Waals surface area contributed by atoms with Crippen LogP contribution in [0.1, 0.15) is 12.6 Å². The van der Waals surface area contributed by atoms with E-state index in [9.17, 15) is 0 Å². The van der Waals surface area contributed by atoms with Gasteiger partial charge in [-0.1, -0.05) is 19.1 Å². The van der Waals surface area contributed by atoms with Crippen molar-refractivity contribution in [3.8, 4) is 0 Å². The molecule has 0 aliphatic heterocycles. The van der Waals surface area contributed by atoms with E-state index in [2.05, 4.69) is 30.1 Å². The molecule has 2 rings (SSSR count). The molecule has 0 N–H and O–H groups in total. The zero-order valence-corrected chi connectivity index (χ0v) is 9.76. The van der Waals surface area contributed by atoms with Crippen molar-refractivity contribution < 1.29 is 4.74 Å². The summed E-state index contributed by atoms with van der Waals surface area (Å²) in [6, 6.07) is 6.07. The SMILES string of the molecule is COC1=CC(C)C(Cc2ccccn2)C=C1. The van der Waals surface area contributed by atoms with Gasteiger partial charge in [0.15, 0.2) is 0 Å². The highest BCUT2D eigenvalue weighted by Gasteiger charge is 2.17. The van der Waals surface area contributed by atoms with Gasteiger partial charge in [0.2, 0.25) is 0 Å². The first-order chi connectivity index (χ1) is 7.79. The monoisotopic (exact) mass is 215 g/mol. The number of rotatable bonds is 3. The van der Waals surface area contributed by atoms with Crippen LogP contribution >= 0.6 is 0 Å². The Bertz CT molecular complexity index is 394. The fraction of sp³-hybridized carbons (Fsp3) is 0.357. The number of methoxy groups -OCH3 is 1. The number of aromatic nitrogens is 1. The molecule has 0 amide bonds. The van der Waals surface area contributed by atoms with E-state index in [0.717, 1.165) is 17.9 Å². The molecule has 1 aromatic rings. The normalized spacial score (nSPS) is 24.0. The average molecular weight is 215 g/mol. The number of nitrogens with zero attached hydrogens (tertiary/aromatic N) is 1. The molecule has 0 spiro atoms. The van der Waals surface area contributed by atoms with Crippen LogP contribution in [0.2, 0.25) is 0 Å². The Hall–Kier alpha value is -1.57. The van der Waals surface area contributed by atoms with Crippen molar-refractivity contribution in [3.05, 3.63) is 54.1 Å². The molecule has 1 aliphatic carbocycles. The first-order valence-corrected chi connectivity index (χ1v) is 5.63. The van der Waals surface area contributed by atoms with Gasteiger partial charge in [0.05, 0.1) is 7.11 Å². The van der Waals surface area contributed by atoms with Crippen LogP contribution in [-0.2, 0) is 11.2 Å². The number of hydrogen-bond acceptors (Lipinski definition) is 2. The number of ether oxygens (including phenoxy) is 1. The summed E-state index contributed by atoms with van der Waals surface area (Å²) >= 11 is 0. The summed E-state index contributed by atoms with van der Waals surface area (Å²) in [4.78, 5) is 4.36. The number of pyridine rings is 1. The van der Waals surface area contributed by atoms with E-state index >= 15 is 0 Å². The lowest BCUT2D eigenvalue weighted by molar-refractivity contribution is 0.294. The van der Waals surface area contributed by atoms with E-state index < -0.39 is 0 Å². The van der Waals surface area contributed by atoms with Gasteiger partial charge >= 0.3 is 0 Å². The summed E-state index contributed by atoms with van der Waals surface area (Å²) in [6.45, 7) is 2.22. The molecule has 1 heterocycles. The zero-order valence-electron chi connectivity index (χ0n) is 9.76. The highest BCUT2D eigenvalue weighted by Crippen LogP contribution is 2.25. The summed E-state index contributed by atoms with van der Waals surface area (Å²) in [6.07, 6.45) is 9.29. The molecule has 2 atom stereocenters. The molecule has 0 saturated carbocycles. The molecule has 2 unspecified atom stereocenters. The van der Waals surface area contributed by atoms with Crippen molar-refractivity contribution in [1.82, 2.24) is 4.98 Å². The maximum Gasteiger partial charge on any atom is 0.114 e. The van der Waals surface area contributed by atoms with Crippen molar-refractivity contribution in [2.24, 2.45) is 11.8 Å². The van der Waals surface area contributed by atoms with E-state index in [4.69, 9.17) is 4.74 Å². The lowest BCUT2D eigenvalue weighted by atomic mass is 9.86. The van der Waals surface area contributed by atoms with Crippen molar-refractivity contribution in [1.29, 1.82) is 0 Å². The summed E-state index contributed by atoms with van der Waals surface area (Å²) in [5, 5.41) is 0. The molecule has 0 radical (unpaired) electrons. The average Bonchev–Trinajstić information content (AvgIpc) is 2.33. The second kappa shape index (κ2) is 4.97. The molecular weight excluding hydrogens is 198 g/mol. The molecule has 16 heavy (non-hydrogen) atoms. The lowest BCUT2D eigenvalue weighted by Gasteiger charge is -2.22. The second-order valence-corrected chi connectivity index (χ2v) is 4.18.